The Bertz CT molecular complexity index is 628. The molecule has 0 atom stereocenters. The molecule has 2 heteroatoms. The third kappa shape index (κ3) is 2.39. The predicted molar refractivity (Wildman–Crippen MR) is 76.9 cm³/mol. The lowest BCUT2D eigenvalue weighted by Crippen LogP contribution is -2.08. The first-order chi connectivity index (χ1) is 8.91. The normalized spacial score (nSPS) is 10.5. The monoisotopic (exact) mass is 254 g/mol. The fourth-order valence-electron chi connectivity index (χ4n) is 2.35. The van der Waals surface area contributed by atoms with Crippen molar-refractivity contribution in [3.8, 4) is 5.75 Å². The quantitative estimate of drug-likeness (QED) is 0.826. The Morgan fingerprint density at radius 2 is 1.53 bits per heavy atom. The largest absolute Gasteiger partial charge is 0.508 e. The van der Waals surface area contributed by atoms with Gasteiger partial charge in [-0.15, -0.1) is 0 Å². The summed E-state index contributed by atoms with van der Waals surface area (Å²) in [5, 5.41) is 9.50. The molecule has 0 spiro atoms. The molecule has 19 heavy (non-hydrogen) atoms. The highest BCUT2D eigenvalue weighted by atomic mass is 16.3. The molecule has 0 amide bonds. The van der Waals surface area contributed by atoms with Crippen molar-refractivity contribution < 1.29 is 9.90 Å². The third-order valence-corrected chi connectivity index (χ3v) is 3.70. The van der Waals surface area contributed by atoms with Gasteiger partial charge in [-0.2, -0.15) is 0 Å². The number of phenols is 1. The van der Waals surface area contributed by atoms with Crippen LogP contribution in [0.25, 0.3) is 0 Å². The molecule has 98 valence electrons. The number of rotatable bonds is 2. The van der Waals surface area contributed by atoms with Crippen molar-refractivity contribution in [2.24, 2.45) is 0 Å². The maximum absolute atomic E-state index is 12.6. The summed E-state index contributed by atoms with van der Waals surface area (Å²) in [6.07, 6.45) is 0. The van der Waals surface area contributed by atoms with Crippen molar-refractivity contribution in [2.45, 2.75) is 27.7 Å². The van der Waals surface area contributed by atoms with Crippen molar-refractivity contribution in [1.82, 2.24) is 0 Å². The first-order valence-corrected chi connectivity index (χ1v) is 6.33. The van der Waals surface area contributed by atoms with Gasteiger partial charge in [-0.05, 0) is 62.1 Å². The molecule has 0 saturated heterocycles. The van der Waals surface area contributed by atoms with Gasteiger partial charge in [0.1, 0.15) is 5.75 Å². The van der Waals surface area contributed by atoms with Crippen LogP contribution < -0.4 is 0 Å². The number of carbonyl (C=O) groups excluding carboxylic acids is 1. The average molecular weight is 254 g/mol. The van der Waals surface area contributed by atoms with Gasteiger partial charge in [0.25, 0.3) is 0 Å². The van der Waals surface area contributed by atoms with Gasteiger partial charge in [-0.1, -0.05) is 18.2 Å². The van der Waals surface area contributed by atoms with E-state index in [9.17, 15) is 9.90 Å². The zero-order valence-electron chi connectivity index (χ0n) is 11.7. The van der Waals surface area contributed by atoms with E-state index >= 15 is 0 Å². The molecule has 0 aliphatic carbocycles. The molecule has 2 aromatic rings. The van der Waals surface area contributed by atoms with E-state index < -0.39 is 0 Å². The Balaban J connectivity index is 2.62. The molecular weight excluding hydrogens is 236 g/mol. The first-order valence-electron chi connectivity index (χ1n) is 6.33. The highest BCUT2D eigenvalue weighted by molar-refractivity contribution is 6.11. The number of aromatic hydroxyl groups is 1. The van der Waals surface area contributed by atoms with E-state index in [1.807, 2.05) is 27.7 Å². The van der Waals surface area contributed by atoms with E-state index in [2.05, 4.69) is 6.07 Å². The van der Waals surface area contributed by atoms with Crippen LogP contribution in [-0.2, 0) is 0 Å². The summed E-state index contributed by atoms with van der Waals surface area (Å²) in [6.45, 7) is 7.97. The second kappa shape index (κ2) is 4.88. The zero-order valence-corrected chi connectivity index (χ0v) is 11.7. The Kier molecular flexibility index (Phi) is 3.43. The standard InChI is InChI=1S/C17H18O2/c1-10-8-11(2)13(4)16(12(10)3)17(19)14-6-5-7-15(18)9-14/h5-9,18H,1-4H3. The maximum Gasteiger partial charge on any atom is 0.193 e. The molecule has 0 radical (unpaired) electrons. The van der Waals surface area contributed by atoms with Gasteiger partial charge in [-0.25, -0.2) is 0 Å². The molecule has 2 nitrogen and oxygen atoms in total. The molecule has 2 aromatic carbocycles. The smallest absolute Gasteiger partial charge is 0.193 e. The number of carbonyl (C=O) groups is 1. The van der Waals surface area contributed by atoms with Crippen LogP contribution in [0.1, 0.15) is 38.2 Å². The molecule has 0 heterocycles. The topological polar surface area (TPSA) is 37.3 Å². The minimum atomic E-state index is -0.0299. The fourth-order valence-corrected chi connectivity index (χ4v) is 2.35. The number of aryl methyl sites for hydroxylation is 2. The molecule has 0 aromatic heterocycles. The summed E-state index contributed by atoms with van der Waals surface area (Å²) in [7, 11) is 0. The Morgan fingerprint density at radius 3 is 2.05 bits per heavy atom. The Labute approximate surface area is 113 Å². The van der Waals surface area contributed by atoms with Crippen molar-refractivity contribution in [3.05, 3.63) is 63.7 Å². The number of phenolic OH excluding ortho intramolecular Hbond substituents is 1. The number of benzene rings is 2. The molecule has 2 rings (SSSR count). The van der Waals surface area contributed by atoms with Gasteiger partial charge in [0, 0.05) is 11.1 Å². The fraction of sp³-hybridized carbons (Fsp3) is 0.235. The van der Waals surface area contributed by atoms with Crippen LogP contribution in [0.5, 0.6) is 5.75 Å². The molecule has 0 aliphatic heterocycles. The van der Waals surface area contributed by atoms with Crippen LogP contribution in [-0.4, -0.2) is 10.9 Å². The van der Waals surface area contributed by atoms with Crippen molar-refractivity contribution in [1.29, 1.82) is 0 Å². The summed E-state index contributed by atoms with van der Waals surface area (Å²) < 4.78 is 0. The lowest BCUT2D eigenvalue weighted by atomic mass is 9.89. The van der Waals surface area contributed by atoms with Crippen LogP contribution >= 0.6 is 0 Å². The van der Waals surface area contributed by atoms with Gasteiger partial charge in [0.15, 0.2) is 5.78 Å². The Morgan fingerprint density at radius 1 is 0.947 bits per heavy atom. The minimum absolute atomic E-state index is 0.0299. The third-order valence-electron chi connectivity index (χ3n) is 3.70. The van der Waals surface area contributed by atoms with E-state index in [0.29, 0.717) is 5.56 Å². The summed E-state index contributed by atoms with van der Waals surface area (Å²) in [6, 6.07) is 8.61. The van der Waals surface area contributed by atoms with Crippen LogP contribution in [0.4, 0.5) is 0 Å². The second-order valence-corrected chi connectivity index (χ2v) is 5.01. The molecule has 1 N–H and O–H groups in total. The summed E-state index contributed by atoms with van der Waals surface area (Å²) >= 11 is 0. The van der Waals surface area contributed by atoms with E-state index in [1.54, 1.807) is 18.2 Å². The lowest BCUT2D eigenvalue weighted by Gasteiger charge is -2.14. The number of ketones is 1. The van der Waals surface area contributed by atoms with Crippen molar-refractivity contribution >= 4 is 5.78 Å². The van der Waals surface area contributed by atoms with Gasteiger partial charge < -0.3 is 5.11 Å². The van der Waals surface area contributed by atoms with Crippen molar-refractivity contribution in [3.63, 3.8) is 0 Å². The SMILES string of the molecule is Cc1cc(C)c(C)c(C(=O)c2cccc(O)c2)c1C. The highest BCUT2D eigenvalue weighted by Gasteiger charge is 2.17. The van der Waals surface area contributed by atoms with Gasteiger partial charge in [0.05, 0.1) is 0 Å². The molecule has 0 bridgehead atoms. The first kappa shape index (κ1) is 13.3. The van der Waals surface area contributed by atoms with Crippen LogP contribution in [0.2, 0.25) is 0 Å². The molecule has 0 aliphatic rings. The summed E-state index contributed by atoms with van der Waals surface area (Å²) in [4.78, 5) is 12.6. The summed E-state index contributed by atoms with van der Waals surface area (Å²) in [5.74, 6) is 0.0863. The van der Waals surface area contributed by atoms with E-state index in [1.165, 1.54) is 6.07 Å². The predicted octanol–water partition coefficient (Wildman–Crippen LogP) is 3.86. The van der Waals surface area contributed by atoms with Crippen LogP contribution in [0.15, 0.2) is 30.3 Å². The Hall–Kier alpha value is -2.09. The van der Waals surface area contributed by atoms with Crippen LogP contribution in [0, 0.1) is 27.7 Å². The number of hydrogen-bond donors (Lipinski definition) is 1. The summed E-state index contributed by atoms with van der Waals surface area (Å²) in [5.41, 5.74) is 5.53. The molecular formula is C17H18O2. The number of hydrogen-bond acceptors (Lipinski definition) is 2. The van der Waals surface area contributed by atoms with Crippen LogP contribution in [0.3, 0.4) is 0 Å². The lowest BCUT2D eigenvalue weighted by molar-refractivity contribution is 0.103. The zero-order chi connectivity index (χ0) is 14.2. The van der Waals surface area contributed by atoms with Gasteiger partial charge in [0.2, 0.25) is 0 Å². The molecule has 0 fully saturated rings. The second-order valence-electron chi connectivity index (χ2n) is 5.01. The highest BCUT2D eigenvalue weighted by Crippen LogP contribution is 2.25. The van der Waals surface area contributed by atoms with E-state index in [-0.39, 0.29) is 11.5 Å². The van der Waals surface area contributed by atoms with E-state index in [4.69, 9.17) is 0 Å². The van der Waals surface area contributed by atoms with Gasteiger partial charge in [-0.3, -0.25) is 4.79 Å². The molecule has 0 unspecified atom stereocenters. The minimum Gasteiger partial charge on any atom is -0.508 e. The molecule has 0 saturated carbocycles. The average Bonchev–Trinajstić information content (AvgIpc) is 2.36. The van der Waals surface area contributed by atoms with Crippen molar-refractivity contribution in [2.75, 3.05) is 0 Å². The maximum atomic E-state index is 12.6. The van der Waals surface area contributed by atoms with Gasteiger partial charge >= 0.3 is 0 Å². The van der Waals surface area contributed by atoms with E-state index in [0.717, 1.165) is 27.8 Å².